The predicted molar refractivity (Wildman–Crippen MR) is 102 cm³/mol. The summed E-state index contributed by atoms with van der Waals surface area (Å²) in [4.78, 5) is 31.9. The molecule has 3 aromatic rings. The third kappa shape index (κ3) is 4.12. The van der Waals surface area contributed by atoms with E-state index in [9.17, 15) is 9.59 Å². The summed E-state index contributed by atoms with van der Waals surface area (Å²) < 4.78 is 5.55. The molecular formula is C16H15ClN4O3S2. The number of nitrogens with zero attached hydrogens (tertiary/aromatic N) is 3. The third-order valence-corrected chi connectivity index (χ3v) is 5.94. The molecule has 3 heterocycles. The Morgan fingerprint density at radius 1 is 1.31 bits per heavy atom. The molecule has 0 bridgehead atoms. The summed E-state index contributed by atoms with van der Waals surface area (Å²) in [6.07, 6.45) is 0. The van der Waals surface area contributed by atoms with E-state index in [0.717, 1.165) is 9.88 Å². The summed E-state index contributed by atoms with van der Waals surface area (Å²) >= 11 is 8.65. The first-order valence-corrected chi connectivity index (χ1v) is 9.56. The minimum absolute atomic E-state index is 0.109. The Kier molecular flexibility index (Phi) is 5.40. The summed E-state index contributed by atoms with van der Waals surface area (Å²) in [7, 11) is 1.57. The standard InChI is InChI=1S/C16H15ClN4O3S2/c1-8-6-12(20-24-8)19-13(22)7-21(3)16(23)14-9(2)18-15(26-14)10-4-5-11(17)25-10/h4-6H,7H2,1-3H3,(H,19,20,22). The maximum absolute atomic E-state index is 12.7. The smallest absolute Gasteiger partial charge is 0.266 e. The minimum Gasteiger partial charge on any atom is -0.360 e. The maximum atomic E-state index is 12.7. The van der Waals surface area contributed by atoms with Crippen molar-refractivity contribution in [1.29, 1.82) is 0 Å². The number of rotatable bonds is 5. The summed E-state index contributed by atoms with van der Waals surface area (Å²) in [5.41, 5.74) is 0.624. The number of halogens is 1. The molecular weight excluding hydrogens is 396 g/mol. The van der Waals surface area contributed by atoms with Crippen LogP contribution in [0.25, 0.3) is 9.88 Å². The van der Waals surface area contributed by atoms with Crippen LogP contribution in [-0.4, -0.2) is 40.4 Å². The average molecular weight is 411 g/mol. The van der Waals surface area contributed by atoms with Gasteiger partial charge >= 0.3 is 0 Å². The molecule has 136 valence electrons. The zero-order valence-electron chi connectivity index (χ0n) is 14.2. The first-order chi connectivity index (χ1) is 12.3. The highest BCUT2D eigenvalue weighted by atomic mass is 35.5. The van der Waals surface area contributed by atoms with Gasteiger partial charge in [0.05, 0.1) is 21.5 Å². The molecule has 0 aromatic carbocycles. The third-order valence-electron chi connectivity index (χ3n) is 3.40. The van der Waals surface area contributed by atoms with Gasteiger partial charge in [-0.25, -0.2) is 4.98 Å². The van der Waals surface area contributed by atoms with Crippen molar-refractivity contribution in [3.8, 4) is 9.88 Å². The van der Waals surface area contributed by atoms with Crippen LogP contribution >= 0.6 is 34.3 Å². The zero-order valence-corrected chi connectivity index (χ0v) is 16.6. The van der Waals surface area contributed by atoms with Crippen molar-refractivity contribution in [2.45, 2.75) is 13.8 Å². The number of thiophene rings is 1. The van der Waals surface area contributed by atoms with Crippen molar-refractivity contribution in [1.82, 2.24) is 15.0 Å². The number of hydrogen-bond donors (Lipinski definition) is 1. The van der Waals surface area contributed by atoms with Gasteiger partial charge in [0, 0.05) is 13.1 Å². The first kappa shape index (κ1) is 18.6. The lowest BCUT2D eigenvalue weighted by Gasteiger charge is -2.15. The van der Waals surface area contributed by atoms with E-state index < -0.39 is 0 Å². The van der Waals surface area contributed by atoms with Crippen molar-refractivity contribution in [2.75, 3.05) is 18.9 Å². The topological polar surface area (TPSA) is 88.3 Å². The lowest BCUT2D eigenvalue weighted by molar-refractivity contribution is -0.116. The number of carbonyl (C=O) groups is 2. The van der Waals surface area contributed by atoms with Gasteiger partial charge in [-0.1, -0.05) is 16.8 Å². The molecule has 0 saturated heterocycles. The number of nitrogens with one attached hydrogen (secondary N) is 1. The molecule has 0 aliphatic heterocycles. The van der Waals surface area contributed by atoms with Gasteiger partial charge in [0.15, 0.2) is 5.82 Å². The van der Waals surface area contributed by atoms with E-state index in [0.29, 0.717) is 26.5 Å². The molecule has 0 saturated carbocycles. The number of anilines is 1. The molecule has 0 atom stereocenters. The lowest BCUT2D eigenvalue weighted by Crippen LogP contribution is -2.34. The van der Waals surface area contributed by atoms with Crippen LogP contribution in [0, 0.1) is 13.8 Å². The van der Waals surface area contributed by atoms with Crippen LogP contribution in [0.4, 0.5) is 5.82 Å². The van der Waals surface area contributed by atoms with E-state index in [-0.39, 0.29) is 18.4 Å². The monoisotopic (exact) mass is 410 g/mol. The molecule has 3 rings (SSSR count). The van der Waals surface area contributed by atoms with E-state index in [4.69, 9.17) is 16.1 Å². The summed E-state index contributed by atoms with van der Waals surface area (Å²) in [5, 5.41) is 7.01. The Labute approximate surface area is 162 Å². The average Bonchev–Trinajstić information content (AvgIpc) is 3.27. The Bertz CT molecular complexity index is 963. The molecule has 0 radical (unpaired) electrons. The quantitative estimate of drug-likeness (QED) is 0.690. The molecule has 10 heteroatoms. The number of carbonyl (C=O) groups excluding carboxylic acids is 2. The maximum Gasteiger partial charge on any atom is 0.266 e. The number of hydrogen-bond acceptors (Lipinski definition) is 7. The number of aryl methyl sites for hydroxylation is 2. The molecule has 3 aromatic heterocycles. The van der Waals surface area contributed by atoms with Crippen LogP contribution < -0.4 is 5.32 Å². The molecule has 0 aliphatic rings. The van der Waals surface area contributed by atoms with Crippen LogP contribution in [0.2, 0.25) is 4.34 Å². The van der Waals surface area contributed by atoms with Crippen LogP contribution in [0.15, 0.2) is 22.7 Å². The van der Waals surface area contributed by atoms with Crippen LogP contribution in [0.5, 0.6) is 0 Å². The fourth-order valence-corrected chi connectivity index (χ4v) is 4.36. The van der Waals surface area contributed by atoms with Gasteiger partial charge in [0.1, 0.15) is 15.6 Å². The molecule has 0 spiro atoms. The Hall–Kier alpha value is -2.23. The van der Waals surface area contributed by atoms with E-state index in [1.54, 1.807) is 33.0 Å². The van der Waals surface area contributed by atoms with Gasteiger partial charge in [0.2, 0.25) is 5.91 Å². The molecule has 1 N–H and O–H groups in total. The van der Waals surface area contributed by atoms with Crippen molar-refractivity contribution in [2.24, 2.45) is 0 Å². The highest BCUT2D eigenvalue weighted by molar-refractivity contribution is 7.24. The molecule has 0 unspecified atom stereocenters. The Morgan fingerprint density at radius 2 is 2.08 bits per heavy atom. The number of amides is 2. The van der Waals surface area contributed by atoms with Crippen molar-refractivity contribution in [3.63, 3.8) is 0 Å². The van der Waals surface area contributed by atoms with Gasteiger partial charge in [-0.3, -0.25) is 9.59 Å². The summed E-state index contributed by atoms with van der Waals surface area (Å²) in [6.45, 7) is 3.39. The normalized spacial score (nSPS) is 10.8. The van der Waals surface area contributed by atoms with Crippen LogP contribution in [0.1, 0.15) is 21.1 Å². The van der Waals surface area contributed by atoms with Crippen LogP contribution in [-0.2, 0) is 4.79 Å². The van der Waals surface area contributed by atoms with E-state index in [2.05, 4.69) is 15.5 Å². The molecule has 0 aliphatic carbocycles. The van der Waals surface area contributed by atoms with E-state index in [1.165, 1.54) is 27.6 Å². The lowest BCUT2D eigenvalue weighted by atomic mass is 10.3. The van der Waals surface area contributed by atoms with Gasteiger partial charge in [-0.15, -0.1) is 22.7 Å². The van der Waals surface area contributed by atoms with Gasteiger partial charge in [-0.2, -0.15) is 0 Å². The van der Waals surface area contributed by atoms with Gasteiger partial charge in [-0.05, 0) is 26.0 Å². The zero-order chi connectivity index (χ0) is 18.8. The number of aromatic nitrogens is 2. The largest absolute Gasteiger partial charge is 0.360 e. The Morgan fingerprint density at radius 3 is 2.69 bits per heavy atom. The van der Waals surface area contributed by atoms with Crippen LogP contribution in [0.3, 0.4) is 0 Å². The van der Waals surface area contributed by atoms with Gasteiger partial charge < -0.3 is 14.7 Å². The number of thiazole rings is 1. The Balaban J connectivity index is 1.68. The second kappa shape index (κ2) is 7.56. The van der Waals surface area contributed by atoms with Crippen molar-refractivity contribution < 1.29 is 14.1 Å². The summed E-state index contributed by atoms with van der Waals surface area (Å²) in [5.74, 6) is 0.285. The highest BCUT2D eigenvalue weighted by Crippen LogP contribution is 2.35. The minimum atomic E-state index is -0.360. The van der Waals surface area contributed by atoms with Crippen molar-refractivity contribution >= 4 is 51.9 Å². The van der Waals surface area contributed by atoms with E-state index in [1.807, 2.05) is 6.07 Å². The van der Waals surface area contributed by atoms with Crippen molar-refractivity contribution in [3.05, 3.63) is 38.9 Å². The fourth-order valence-electron chi connectivity index (χ4n) is 2.20. The van der Waals surface area contributed by atoms with E-state index >= 15 is 0 Å². The molecule has 0 fully saturated rings. The molecule has 26 heavy (non-hydrogen) atoms. The second-order valence-electron chi connectivity index (χ2n) is 5.57. The summed E-state index contributed by atoms with van der Waals surface area (Å²) in [6, 6.07) is 5.27. The SMILES string of the molecule is Cc1cc(NC(=O)CN(C)C(=O)c2sc(-c3ccc(Cl)s3)nc2C)no1. The molecule has 7 nitrogen and oxygen atoms in total. The number of likely N-dealkylation sites (N-methyl/N-ethyl adjacent to an activating group) is 1. The second-order valence-corrected chi connectivity index (χ2v) is 8.28. The first-order valence-electron chi connectivity index (χ1n) is 7.55. The highest BCUT2D eigenvalue weighted by Gasteiger charge is 2.22. The predicted octanol–water partition coefficient (Wildman–Crippen LogP) is 3.84. The molecule has 2 amide bonds. The van der Waals surface area contributed by atoms with Gasteiger partial charge in [0.25, 0.3) is 5.91 Å². The fraction of sp³-hybridized carbons (Fsp3) is 0.250.